The third-order valence-electron chi connectivity index (χ3n) is 3.17. The Morgan fingerprint density at radius 2 is 2.00 bits per heavy atom. The van der Waals surface area contributed by atoms with E-state index in [4.69, 9.17) is 11.1 Å². The summed E-state index contributed by atoms with van der Waals surface area (Å²) in [5.74, 6) is 0. The van der Waals surface area contributed by atoms with Crippen molar-refractivity contribution in [2.24, 2.45) is 5.73 Å². The van der Waals surface area contributed by atoms with E-state index < -0.39 is 17.5 Å². The number of alkyl halides is 3. The van der Waals surface area contributed by atoms with Crippen LogP contribution in [0.1, 0.15) is 12.5 Å². The van der Waals surface area contributed by atoms with Crippen LogP contribution in [0.5, 0.6) is 0 Å². The van der Waals surface area contributed by atoms with Crippen LogP contribution in [0.2, 0.25) is 0 Å². The molecule has 8 heteroatoms. The summed E-state index contributed by atoms with van der Waals surface area (Å²) in [6.45, 7) is 7.58. The van der Waals surface area contributed by atoms with Gasteiger partial charge < -0.3 is 16.5 Å². The van der Waals surface area contributed by atoms with E-state index in [0.717, 1.165) is 17.5 Å². The van der Waals surface area contributed by atoms with Gasteiger partial charge >= 0.3 is 6.18 Å². The lowest BCUT2D eigenvalue weighted by Gasteiger charge is -2.18. The number of rotatable bonds is 8. The largest absolute Gasteiger partial charge is 0.433 e. The van der Waals surface area contributed by atoms with Crippen molar-refractivity contribution in [1.82, 2.24) is 10.9 Å². The molecule has 0 spiro atoms. The van der Waals surface area contributed by atoms with Gasteiger partial charge in [-0.05, 0) is 25.5 Å². The fourth-order valence-corrected chi connectivity index (χ4v) is 1.86. The number of hydrazine groups is 1. The second kappa shape index (κ2) is 8.39. The molecular weight excluding hydrogens is 319 g/mol. The first-order valence-corrected chi connectivity index (χ1v) is 7.24. The summed E-state index contributed by atoms with van der Waals surface area (Å²) in [6, 6.07) is 7.79. The Kier molecular flexibility index (Phi) is 6.84. The van der Waals surface area contributed by atoms with Crippen molar-refractivity contribution in [2.75, 3.05) is 11.9 Å². The zero-order chi connectivity index (χ0) is 18.3. The molecular formula is C16H22F3N5. The van der Waals surface area contributed by atoms with Gasteiger partial charge in [-0.15, -0.1) is 0 Å². The molecule has 0 bridgehead atoms. The third-order valence-corrected chi connectivity index (χ3v) is 3.17. The minimum absolute atomic E-state index is 0.0126. The van der Waals surface area contributed by atoms with Gasteiger partial charge in [-0.25, -0.2) is 5.43 Å². The smallest absolute Gasteiger partial charge is 0.399 e. The first-order chi connectivity index (χ1) is 11.1. The maximum Gasteiger partial charge on any atom is 0.433 e. The Morgan fingerprint density at radius 3 is 2.54 bits per heavy atom. The molecule has 0 saturated carbocycles. The Labute approximate surface area is 139 Å². The van der Waals surface area contributed by atoms with Gasteiger partial charge in [0.2, 0.25) is 0 Å². The van der Waals surface area contributed by atoms with E-state index in [2.05, 4.69) is 22.7 Å². The van der Waals surface area contributed by atoms with Crippen LogP contribution in [0, 0.1) is 12.3 Å². The van der Waals surface area contributed by atoms with Crippen LogP contribution in [0.25, 0.3) is 0 Å². The minimum Gasteiger partial charge on any atom is -0.399 e. The summed E-state index contributed by atoms with van der Waals surface area (Å²) in [4.78, 5) is 0. The van der Waals surface area contributed by atoms with Crippen LogP contribution in [0.3, 0.4) is 0 Å². The molecule has 0 amide bonds. The van der Waals surface area contributed by atoms with Crippen LogP contribution in [0.15, 0.2) is 48.3 Å². The fourth-order valence-electron chi connectivity index (χ4n) is 1.86. The lowest BCUT2D eigenvalue weighted by atomic mass is 10.1. The second-order valence-corrected chi connectivity index (χ2v) is 5.34. The fraction of sp³-hybridized carbons (Fsp3) is 0.312. The molecule has 24 heavy (non-hydrogen) atoms. The molecule has 1 aromatic rings. The zero-order valence-corrected chi connectivity index (χ0v) is 13.6. The highest BCUT2D eigenvalue weighted by Crippen LogP contribution is 2.22. The van der Waals surface area contributed by atoms with Gasteiger partial charge in [-0.1, -0.05) is 24.8 Å². The quantitative estimate of drug-likeness (QED) is 0.218. The van der Waals surface area contributed by atoms with E-state index in [1.165, 1.54) is 0 Å². The topological polar surface area (TPSA) is 86.0 Å². The number of aryl methyl sites for hydroxylation is 1. The number of anilines is 1. The normalized spacial score (nSPS) is 13.3. The molecule has 0 fully saturated rings. The van der Waals surface area contributed by atoms with E-state index in [1.807, 2.05) is 38.1 Å². The average molecular weight is 341 g/mol. The molecule has 0 radical (unpaired) electrons. The Hall–Kier alpha value is -2.48. The van der Waals surface area contributed by atoms with Crippen LogP contribution in [-0.4, -0.2) is 24.5 Å². The Morgan fingerprint density at radius 1 is 1.38 bits per heavy atom. The van der Waals surface area contributed by atoms with E-state index in [9.17, 15) is 13.2 Å². The van der Waals surface area contributed by atoms with Crippen molar-refractivity contribution in [3.05, 3.63) is 53.9 Å². The number of para-hydroxylation sites is 1. The maximum absolute atomic E-state index is 12.6. The molecule has 1 atom stereocenters. The molecule has 0 heterocycles. The number of nitrogens with one attached hydrogen (secondary N) is 4. The first-order valence-electron chi connectivity index (χ1n) is 7.24. The van der Waals surface area contributed by atoms with Gasteiger partial charge in [0.25, 0.3) is 0 Å². The molecule has 0 aliphatic carbocycles. The SMILES string of the molecule is C=C(N)/C(=C/NNCC(C)Nc1ccccc1C)C(=N)C(F)(F)F. The number of hydrogen-bond acceptors (Lipinski definition) is 5. The summed E-state index contributed by atoms with van der Waals surface area (Å²) >= 11 is 0. The number of halogens is 3. The molecule has 1 aromatic carbocycles. The van der Waals surface area contributed by atoms with Gasteiger partial charge in [0.1, 0.15) is 5.71 Å². The van der Waals surface area contributed by atoms with Crippen molar-refractivity contribution < 1.29 is 13.2 Å². The monoisotopic (exact) mass is 341 g/mol. The lowest BCUT2D eigenvalue weighted by Crippen LogP contribution is -2.38. The van der Waals surface area contributed by atoms with Crippen LogP contribution < -0.4 is 21.9 Å². The molecule has 1 unspecified atom stereocenters. The van der Waals surface area contributed by atoms with E-state index in [0.29, 0.717) is 6.54 Å². The summed E-state index contributed by atoms with van der Waals surface area (Å²) in [5, 5.41) is 10.4. The van der Waals surface area contributed by atoms with Crippen molar-refractivity contribution >= 4 is 11.4 Å². The number of allylic oxidation sites excluding steroid dienone is 1. The molecule has 0 aromatic heterocycles. The Balaban J connectivity index is 2.54. The highest BCUT2D eigenvalue weighted by molar-refractivity contribution is 6.04. The van der Waals surface area contributed by atoms with Crippen molar-refractivity contribution in [2.45, 2.75) is 26.1 Å². The van der Waals surface area contributed by atoms with Crippen molar-refractivity contribution in [3.63, 3.8) is 0 Å². The molecule has 0 aliphatic heterocycles. The highest BCUT2D eigenvalue weighted by Gasteiger charge is 2.37. The standard InChI is InChI=1S/C16H22F3N5/c1-10-6-4-5-7-14(10)24-11(2)8-22-23-9-13(12(3)20)15(21)16(17,18)19/h4-7,9,11,21-24H,3,8,20H2,1-2H3/b13-9-,21-15?. The highest BCUT2D eigenvalue weighted by atomic mass is 19.4. The molecule has 6 N–H and O–H groups in total. The predicted octanol–water partition coefficient (Wildman–Crippen LogP) is 2.83. The van der Waals surface area contributed by atoms with Crippen molar-refractivity contribution in [3.8, 4) is 0 Å². The maximum atomic E-state index is 12.6. The molecule has 0 aliphatic rings. The molecule has 1 rings (SSSR count). The molecule has 5 nitrogen and oxygen atoms in total. The van der Waals surface area contributed by atoms with Gasteiger partial charge in [-0.2, -0.15) is 13.2 Å². The molecule has 0 saturated heterocycles. The van der Waals surface area contributed by atoms with E-state index >= 15 is 0 Å². The Bertz CT molecular complexity index is 622. The van der Waals surface area contributed by atoms with Gasteiger partial charge in [-0.3, -0.25) is 5.41 Å². The zero-order valence-electron chi connectivity index (χ0n) is 13.6. The van der Waals surface area contributed by atoms with Gasteiger partial charge in [0.05, 0.1) is 0 Å². The van der Waals surface area contributed by atoms with Gasteiger partial charge in [0, 0.05) is 35.7 Å². The van der Waals surface area contributed by atoms with E-state index in [-0.39, 0.29) is 11.7 Å². The third kappa shape index (κ3) is 5.96. The van der Waals surface area contributed by atoms with Crippen LogP contribution in [-0.2, 0) is 0 Å². The number of nitrogens with two attached hydrogens (primary N) is 1. The molecule has 132 valence electrons. The lowest BCUT2D eigenvalue weighted by molar-refractivity contribution is -0.0589. The average Bonchev–Trinajstić information content (AvgIpc) is 2.47. The minimum atomic E-state index is -4.78. The van der Waals surface area contributed by atoms with Crippen LogP contribution >= 0.6 is 0 Å². The predicted molar refractivity (Wildman–Crippen MR) is 90.6 cm³/mol. The second-order valence-electron chi connectivity index (χ2n) is 5.34. The summed E-state index contributed by atoms with van der Waals surface area (Å²) < 4.78 is 37.7. The first kappa shape index (κ1) is 19.6. The summed E-state index contributed by atoms with van der Waals surface area (Å²) in [7, 11) is 0. The summed E-state index contributed by atoms with van der Waals surface area (Å²) in [6.07, 6.45) is -3.80. The van der Waals surface area contributed by atoms with E-state index in [1.54, 1.807) is 0 Å². The number of hydrogen-bond donors (Lipinski definition) is 5. The number of benzene rings is 1. The van der Waals surface area contributed by atoms with Crippen molar-refractivity contribution in [1.29, 1.82) is 5.41 Å². The van der Waals surface area contributed by atoms with Crippen LogP contribution in [0.4, 0.5) is 18.9 Å². The summed E-state index contributed by atoms with van der Waals surface area (Å²) in [5.41, 5.74) is 10.3. The van der Waals surface area contributed by atoms with Gasteiger partial charge in [0.15, 0.2) is 0 Å².